The summed E-state index contributed by atoms with van der Waals surface area (Å²) >= 11 is 0. The molecule has 0 rings (SSSR count). The van der Waals surface area contributed by atoms with E-state index in [9.17, 15) is 4.79 Å². The summed E-state index contributed by atoms with van der Waals surface area (Å²) < 4.78 is 4.81. The number of rotatable bonds is 8. The highest BCUT2D eigenvalue weighted by atomic mass is 16.5. The maximum absolute atomic E-state index is 11.1. The van der Waals surface area contributed by atoms with Gasteiger partial charge in [-0.3, -0.25) is 4.79 Å². The van der Waals surface area contributed by atoms with E-state index in [2.05, 4.69) is 15.5 Å². The Balaban J connectivity index is 3.18. The molecule has 0 fully saturated rings. The van der Waals surface area contributed by atoms with Gasteiger partial charge in [-0.15, -0.1) is 0 Å². The number of carbonyl (C=O) groups is 1. The number of hydrogen-bond acceptors (Lipinski definition) is 4. The highest BCUT2D eigenvalue weighted by Gasteiger charge is 1.98. The van der Waals surface area contributed by atoms with Gasteiger partial charge in [0.1, 0.15) is 0 Å². The van der Waals surface area contributed by atoms with Gasteiger partial charge in [-0.25, -0.2) is 0 Å². The minimum atomic E-state index is 0.0146. The fourth-order valence-electron chi connectivity index (χ4n) is 0.860. The molecular formula is C9H21N3O2. The van der Waals surface area contributed by atoms with Crippen LogP contribution in [-0.2, 0) is 9.53 Å². The second kappa shape index (κ2) is 8.93. The summed E-state index contributed by atoms with van der Waals surface area (Å²) in [4.78, 5) is 13.2. The highest BCUT2D eigenvalue weighted by molar-refractivity contribution is 5.77. The van der Waals surface area contributed by atoms with Crippen molar-refractivity contribution >= 4 is 5.91 Å². The van der Waals surface area contributed by atoms with E-state index in [0.717, 1.165) is 13.1 Å². The van der Waals surface area contributed by atoms with Crippen LogP contribution in [0.3, 0.4) is 0 Å². The van der Waals surface area contributed by atoms with E-state index in [1.165, 1.54) is 0 Å². The molecule has 0 aromatic carbocycles. The fraction of sp³-hybridized carbons (Fsp3) is 0.889. The molecule has 5 heteroatoms. The second-order valence-electron chi connectivity index (χ2n) is 3.32. The van der Waals surface area contributed by atoms with Gasteiger partial charge in [0.25, 0.3) is 0 Å². The molecule has 0 saturated heterocycles. The maximum atomic E-state index is 11.1. The third-order valence-electron chi connectivity index (χ3n) is 1.65. The average Bonchev–Trinajstić information content (AvgIpc) is 2.13. The molecular weight excluding hydrogens is 182 g/mol. The minimum Gasteiger partial charge on any atom is -0.383 e. The lowest BCUT2D eigenvalue weighted by atomic mass is 10.5. The van der Waals surface area contributed by atoms with E-state index in [-0.39, 0.29) is 5.91 Å². The molecule has 0 heterocycles. The first-order valence-corrected chi connectivity index (χ1v) is 4.78. The molecule has 0 atom stereocenters. The van der Waals surface area contributed by atoms with Crippen LogP contribution in [0, 0.1) is 0 Å². The lowest BCUT2D eigenvalue weighted by Gasteiger charge is -2.10. The Hall–Kier alpha value is -0.650. The van der Waals surface area contributed by atoms with E-state index < -0.39 is 0 Å². The number of hydrogen-bond donors (Lipinski definition) is 2. The van der Waals surface area contributed by atoms with Gasteiger partial charge in [-0.05, 0) is 14.1 Å². The number of amides is 1. The number of nitrogens with one attached hydrogen (secondary N) is 2. The Labute approximate surface area is 85.8 Å². The third kappa shape index (κ3) is 9.44. The molecule has 84 valence electrons. The van der Waals surface area contributed by atoms with Crippen molar-refractivity contribution in [3.8, 4) is 0 Å². The Kier molecular flexibility index (Phi) is 8.51. The molecule has 1 amide bonds. The van der Waals surface area contributed by atoms with Gasteiger partial charge in [0.05, 0.1) is 13.2 Å². The van der Waals surface area contributed by atoms with Crippen molar-refractivity contribution in [2.45, 2.75) is 0 Å². The quantitative estimate of drug-likeness (QED) is 0.492. The van der Waals surface area contributed by atoms with E-state index in [0.29, 0.717) is 19.7 Å². The summed E-state index contributed by atoms with van der Waals surface area (Å²) in [5.41, 5.74) is 0. The van der Waals surface area contributed by atoms with Crippen molar-refractivity contribution in [1.29, 1.82) is 0 Å². The van der Waals surface area contributed by atoms with Gasteiger partial charge >= 0.3 is 0 Å². The van der Waals surface area contributed by atoms with Gasteiger partial charge in [0, 0.05) is 26.7 Å². The summed E-state index contributed by atoms with van der Waals surface area (Å²) in [7, 11) is 5.61. The van der Waals surface area contributed by atoms with Crippen LogP contribution in [0.5, 0.6) is 0 Å². The molecule has 0 radical (unpaired) electrons. The Morgan fingerprint density at radius 2 is 2.07 bits per heavy atom. The highest BCUT2D eigenvalue weighted by Crippen LogP contribution is 1.71. The molecule has 0 spiro atoms. The van der Waals surface area contributed by atoms with Crippen molar-refractivity contribution in [1.82, 2.24) is 15.5 Å². The van der Waals surface area contributed by atoms with Crippen molar-refractivity contribution in [3.05, 3.63) is 0 Å². The minimum absolute atomic E-state index is 0.0146. The molecule has 2 N–H and O–H groups in total. The predicted molar refractivity (Wildman–Crippen MR) is 56.3 cm³/mol. The van der Waals surface area contributed by atoms with Gasteiger partial charge in [-0.1, -0.05) is 0 Å². The van der Waals surface area contributed by atoms with E-state index in [1.54, 1.807) is 7.11 Å². The van der Waals surface area contributed by atoms with Gasteiger partial charge in [0.15, 0.2) is 0 Å². The zero-order valence-electron chi connectivity index (χ0n) is 9.30. The summed E-state index contributed by atoms with van der Waals surface area (Å²) in [6.45, 7) is 3.27. The molecule has 0 aliphatic carbocycles. The smallest absolute Gasteiger partial charge is 0.234 e. The second-order valence-corrected chi connectivity index (χ2v) is 3.32. The van der Waals surface area contributed by atoms with Gasteiger partial charge < -0.3 is 20.3 Å². The lowest BCUT2D eigenvalue weighted by molar-refractivity contribution is -0.120. The molecule has 0 aromatic heterocycles. The van der Waals surface area contributed by atoms with Crippen LogP contribution < -0.4 is 10.6 Å². The van der Waals surface area contributed by atoms with E-state index in [4.69, 9.17) is 4.74 Å². The molecule has 14 heavy (non-hydrogen) atoms. The molecule has 0 aliphatic rings. The van der Waals surface area contributed by atoms with Crippen LogP contribution in [-0.4, -0.2) is 64.8 Å². The van der Waals surface area contributed by atoms with Gasteiger partial charge in [-0.2, -0.15) is 0 Å². The third-order valence-corrected chi connectivity index (χ3v) is 1.65. The molecule has 0 aliphatic heterocycles. The van der Waals surface area contributed by atoms with E-state index in [1.807, 2.05) is 14.1 Å². The SMILES string of the molecule is COCCNC(=O)CNCCN(C)C. The van der Waals surface area contributed by atoms with Crippen molar-refractivity contribution < 1.29 is 9.53 Å². The maximum Gasteiger partial charge on any atom is 0.234 e. The number of carbonyl (C=O) groups excluding carboxylic acids is 1. The number of methoxy groups -OCH3 is 1. The number of nitrogens with zero attached hydrogens (tertiary/aromatic N) is 1. The molecule has 5 nitrogen and oxygen atoms in total. The number of ether oxygens (including phenoxy) is 1. The van der Waals surface area contributed by atoms with Crippen LogP contribution in [0.25, 0.3) is 0 Å². The van der Waals surface area contributed by atoms with Crippen LogP contribution in [0.1, 0.15) is 0 Å². The first-order chi connectivity index (χ1) is 6.66. The average molecular weight is 203 g/mol. The van der Waals surface area contributed by atoms with Crippen LogP contribution in [0.4, 0.5) is 0 Å². The van der Waals surface area contributed by atoms with Crippen LogP contribution >= 0.6 is 0 Å². The summed E-state index contributed by atoms with van der Waals surface area (Å²) in [6.07, 6.45) is 0. The summed E-state index contributed by atoms with van der Waals surface area (Å²) in [6, 6.07) is 0. The topological polar surface area (TPSA) is 53.6 Å². The predicted octanol–water partition coefficient (Wildman–Crippen LogP) is -1.10. The molecule has 0 unspecified atom stereocenters. The van der Waals surface area contributed by atoms with Crippen LogP contribution in [0.2, 0.25) is 0 Å². The first kappa shape index (κ1) is 13.4. The fourth-order valence-corrected chi connectivity index (χ4v) is 0.860. The van der Waals surface area contributed by atoms with Gasteiger partial charge in [0.2, 0.25) is 5.91 Å². The lowest BCUT2D eigenvalue weighted by Crippen LogP contribution is -2.37. The summed E-state index contributed by atoms with van der Waals surface area (Å²) in [5.74, 6) is 0.0146. The largest absolute Gasteiger partial charge is 0.383 e. The molecule has 0 aromatic rings. The standard InChI is InChI=1S/C9H21N3O2/c1-12(2)6-4-10-8-9(13)11-5-7-14-3/h10H,4-8H2,1-3H3,(H,11,13). The summed E-state index contributed by atoms with van der Waals surface area (Å²) in [5, 5.41) is 5.78. The van der Waals surface area contributed by atoms with Crippen molar-refractivity contribution in [3.63, 3.8) is 0 Å². The zero-order valence-corrected chi connectivity index (χ0v) is 9.30. The Bertz CT molecular complexity index is 151. The zero-order chi connectivity index (χ0) is 10.8. The van der Waals surface area contributed by atoms with Crippen molar-refractivity contribution in [2.75, 3.05) is 54.0 Å². The van der Waals surface area contributed by atoms with Crippen LogP contribution in [0.15, 0.2) is 0 Å². The monoisotopic (exact) mass is 203 g/mol. The number of likely N-dealkylation sites (N-methyl/N-ethyl adjacent to an activating group) is 1. The van der Waals surface area contributed by atoms with Crippen molar-refractivity contribution in [2.24, 2.45) is 0 Å². The van der Waals surface area contributed by atoms with E-state index >= 15 is 0 Å². The Morgan fingerprint density at radius 3 is 2.64 bits per heavy atom. The normalized spacial score (nSPS) is 10.6. The Morgan fingerprint density at radius 1 is 1.36 bits per heavy atom. The molecule has 0 bridgehead atoms. The first-order valence-electron chi connectivity index (χ1n) is 4.78. The molecule has 0 saturated carbocycles.